The minimum Gasteiger partial charge on any atom is -0.480 e. The van der Waals surface area contributed by atoms with Gasteiger partial charge in [-0.05, 0) is 34.5 Å². The number of carboxylic acid groups (broad SMARTS) is 1. The molecule has 1 aromatic rings. The average molecular weight is 287 g/mol. The van der Waals surface area contributed by atoms with Gasteiger partial charge in [0.2, 0.25) is 0 Å². The first-order chi connectivity index (χ1) is 7.63. The maximum absolute atomic E-state index is 10.9. The van der Waals surface area contributed by atoms with E-state index in [0.717, 1.165) is 16.6 Å². The Bertz CT molecular complexity index is 340. The van der Waals surface area contributed by atoms with E-state index >= 15 is 0 Å². The van der Waals surface area contributed by atoms with Crippen LogP contribution in [0.25, 0.3) is 0 Å². The summed E-state index contributed by atoms with van der Waals surface area (Å²) in [6, 6.07) is 3.26. The largest absolute Gasteiger partial charge is 0.480 e. The zero-order valence-electron chi connectivity index (χ0n) is 9.11. The number of aromatic nitrogens is 1. The highest BCUT2D eigenvalue weighted by Gasteiger charge is 2.15. The van der Waals surface area contributed by atoms with Crippen LogP contribution in [0.3, 0.4) is 0 Å². The molecule has 0 spiro atoms. The standard InChI is InChI=1S/C11H15BrN2O2/c1-2-3-10(11(15)16)14-7-9-5-4-8(12)6-13-9/h4-6,10,14H,2-3,7H2,1H3,(H,15,16). The Kier molecular flexibility index (Phi) is 5.42. The van der Waals surface area contributed by atoms with Gasteiger partial charge >= 0.3 is 5.97 Å². The normalized spacial score (nSPS) is 12.4. The molecule has 1 atom stereocenters. The molecule has 0 saturated heterocycles. The van der Waals surface area contributed by atoms with E-state index in [1.54, 1.807) is 6.20 Å². The van der Waals surface area contributed by atoms with Gasteiger partial charge in [-0.1, -0.05) is 13.3 Å². The maximum Gasteiger partial charge on any atom is 0.320 e. The van der Waals surface area contributed by atoms with Gasteiger partial charge in [-0.3, -0.25) is 15.1 Å². The molecular formula is C11H15BrN2O2. The summed E-state index contributed by atoms with van der Waals surface area (Å²) in [7, 11) is 0. The summed E-state index contributed by atoms with van der Waals surface area (Å²) in [5, 5.41) is 11.9. The van der Waals surface area contributed by atoms with Crippen LogP contribution < -0.4 is 5.32 Å². The van der Waals surface area contributed by atoms with Crippen LogP contribution >= 0.6 is 15.9 Å². The molecular weight excluding hydrogens is 272 g/mol. The smallest absolute Gasteiger partial charge is 0.320 e. The first-order valence-electron chi connectivity index (χ1n) is 5.20. The lowest BCUT2D eigenvalue weighted by atomic mass is 10.1. The van der Waals surface area contributed by atoms with E-state index in [9.17, 15) is 4.79 Å². The molecule has 1 heterocycles. The van der Waals surface area contributed by atoms with Crippen molar-refractivity contribution >= 4 is 21.9 Å². The summed E-state index contributed by atoms with van der Waals surface area (Å²) in [5.41, 5.74) is 0.838. The van der Waals surface area contributed by atoms with Gasteiger partial charge < -0.3 is 5.11 Å². The Morgan fingerprint density at radius 1 is 1.62 bits per heavy atom. The van der Waals surface area contributed by atoms with Gasteiger partial charge in [-0.25, -0.2) is 0 Å². The number of hydrogen-bond acceptors (Lipinski definition) is 3. The van der Waals surface area contributed by atoms with Gasteiger partial charge in [-0.2, -0.15) is 0 Å². The Hall–Kier alpha value is -0.940. The summed E-state index contributed by atoms with van der Waals surface area (Å²) < 4.78 is 0.916. The zero-order valence-corrected chi connectivity index (χ0v) is 10.7. The molecule has 0 aliphatic carbocycles. The van der Waals surface area contributed by atoms with Gasteiger partial charge in [0.1, 0.15) is 6.04 Å². The molecule has 0 radical (unpaired) electrons. The van der Waals surface area contributed by atoms with E-state index in [4.69, 9.17) is 5.11 Å². The van der Waals surface area contributed by atoms with E-state index in [1.807, 2.05) is 19.1 Å². The molecule has 0 fully saturated rings. The van der Waals surface area contributed by atoms with Gasteiger partial charge in [0.25, 0.3) is 0 Å². The molecule has 1 aromatic heterocycles. The second-order valence-electron chi connectivity index (χ2n) is 3.53. The lowest BCUT2D eigenvalue weighted by molar-refractivity contribution is -0.139. The van der Waals surface area contributed by atoms with Crippen LogP contribution in [0.2, 0.25) is 0 Å². The number of carbonyl (C=O) groups is 1. The molecule has 88 valence electrons. The van der Waals surface area contributed by atoms with E-state index in [2.05, 4.69) is 26.2 Å². The second-order valence-corrected chi connectivity index (χ2v) is 4.44. The van der Waals surface area contributed by atoms with Gasteiger partial charge in [0, 0.05) is 17.2 Å². The van der Waals surface area contributed by atoms with Crippen LogP contribution in [0.4, 0.5) is 0 Å². The van der Waals surface area contributed by atoms with Crippen molar-refractivity contribution in [1.82, 2.24) is 10.3 Å². The summed E-state index contributed by atoms with van der Waals surface area (Å²) >= 11 is 3.30. The number of nitrogens with one attached hydrogen (secondary N) is 1. The fourth-order valence-corrected chi connectivity index (χ4v) is 1.57. The molecule has 0 aliphatic heterocycles. The van der Waals surface area contributed by atoms with Crippen molar-refractivity contribution in [3.05, 3.63) is 28.5 Å². The lowest BCUT2D eigenvalue weighted by Crippen LogP contribution is -2.36. The van der Waals surface area contributed by atoms with Crippen LogP contribution in [-0.4, -0.2) is 22.1 Å². The highest BCUT2D eigenvalue weighted by molar-refractivity contribution is 9.10. The number of nitrogens with zero attached hydrogens (tertiary/aromatic N) is 1. The molecule has 0 aliphatic rings. The first kappa shape index (κ1) is 13.1. The third kappa shape index (κ3) is 4.28. The van der Waals surface area contributed by atoms with E-state index in [-0.39, 0.29) is 0 Å². The molecule has 0 amide bonds. The third-order valence-corrected chi connectivity index (χ3v) is 2.66. The minimum absolute atomic E-state index is 0.476. The van der Waals surface area contributed by atoms with Crippen LogP contribution in [0.5, 0.6) is 0 Å². The van der Waals surface area contributed by atoms with Crippen molar-refractivity contribution in [3.63, 3.8) is 0 Å². The van der Waals surface area contributed by atoms with Gasteiger partial charge in [0.05, 0.1) is 5.69 Å². The quantitative estimate of drug-likeness (QED) is 0.842. The predicted molar refractivity (Wildman–Crippen MR) is 65.1 cm³/mol. The number of halogens is 1. The molecule has 4 nitrogen and oxygen atoms in total. The molecule has 1 unspecified atom stereocenters. The van der Waals surface area contributed by atoms with Crippen molar-refractivity contribution in [1.29, 1.82) is 0 Å². The van der Waals surface area contributed by atoms with Gasteiger partial charge in [0.15, 0.2) is 0 Å². The SMILES string of the molecule is CCCC(NCc1ccc(Br)cn1)C(=O)O. The topological polar surface area (TPSA) is 62.2 Å². The van der Waals surface area contributed by atoms with Crippen LogP contribution in [0, 0.1) is 0 Å². The van der Waals surface area contributed by atoms with Crippen LogP contribution in [0.15, 0.2) is 22.8 Å². The molecule has 0 saturated carbocycles. The number of carboxylic acids is 1. The number of aliphatic carboxylic acids is 1. The lowest BCUT2D eigenvalue weighted by Gasteiger charge is -2.12. The average Bonchev–Trinajstić information content (AvgIpc) is 2.26. The highest BCUT2D eigenvalue weighted by Crippen LogP contribution is 2.07. The molecule has 0 aromatic carbocycles. The fraction of sp³-hybridized carbons (Fsp3) is 0.455. The Morgan fingerprint density at radius 2 is 2.38 bits per heavy atom. The molecule has 1 rings (SSSR count). The van der Waals surface area contributed by atoms with Crippen molar-refractivity contribution in [2.24, 2.45) is 0 Å². The summed E-state index contributed by atoms with van der Waals surface area (Å²) in [6.07, 6.45) is 3.18. The van der Waals surface area contributed by atoms with Crippen molar-refractivity contribution in [3.8, 4) is 0 Å². The van der Waals surface area contributed by atoms with E-state index < -0.39 is 12.0 Å². The maximum atomic E-state index is 10.9. The summed E-state index contributed by atoms with van der Waals surface area (Å²) in [6.45, 7) is 2.44. The molecule has 2 N–H and O–H groups in total. The summed E-state index contributed by atoms with van der Waals surface area (Å²) in [5.74, 6) is -0.807. The zero-order chi connectivity index (χ0) is 12.0. The Balaban J connectivity index is 2.48. The van der Waals surface area contributed by atoms with Crippen LogP contribution in [0.1, 0.15) is 25.5 Å². The monoisotopic (exact) mass is 286 g/mol. The highest BCUT2D eigenvalue weighted by atomic mass is 79.9. The van der Waals surface area contributed by atoms with Gasteiger partial charge in [-0.15, -0.1) is 0 Å². The van der Waals surface area contributed by atoms with E-state index in [0.29, 0.717) is 13.0 Å². The number of rotatable bonds is 6. The predicted octanol–water partition coefficient (Wildman–Crippen LogP) is 2.19. The van der Waals surface area contributed by atoms with Crippen molar-refractivity contribution in [2.75, 3.05) is 0 Å². The first-order valence-corrected chi connectivity index (χ1v) is 5.99. The number of hydrogen-bond donors (Lipinski definition) is 2. The molecule has 0 bridgehead atoms. The Morgan fingerprint density at radius 3 is 2.88 bits per heavy atom. The third-order valence-electron chi connectivity index (χ3n) is 2.19. The fourth-order valence-electron chi connectivity index (χ4n) is 1.34. The van der Waals surface area contributed by atoms with Crippen molar-refractivity contribution in [2.45, 2.75) is 32.4 Å². The number of pyridine rings is 1. The molecule has 5 heteroatoms. The van der Waals surface area contributed by atoms with Crippen molar-refractivity contribution < 1.29 is 9.90 Å². The Labute approximate surface area is 103 Å². The van der Waals surface area contributed by atoms with Crippen LogP contribution in [-0.2, 0) is 11.3 Å². The minimum atomic E-state index is -0.807. The molecule has 16 heavy (non-hydrogen) atoms. The van der Waals surface area contributed by atoms with E-state index in [1.165, 1.54) is 0 Å². The summed E-state index contributed by atoms with van der Waals surface area (Å²) in [4.78, 5) is 15.0. The second kappa shape index (κ2) is 6.60.